The van der Waals surface area contributed by atoms with Gasteiger partial charge in [0.1, 0.15) is 0 Å². The lowest BCUT2D eigenvalue weighted by Crippen LogP contribution is -2.19. The predicted molar refractivity (Wildman–Crippen MR) is 41.4 cm³/mol. The number of rotatable bonds is 2. The first kappa shape index (κ1) is 9.03. The summed E-state index contributed by atoms with van der Waals surface area (Å²) in [4.78, 5) is 9.78. The molecule has 0 fully saturated rings. The molecule has 1 aromatic rings. The largest absolute Gasteiger partial charge is 0.436 e. The van der Waals surface area contributed by atoms with Crippen molar-refractivity contribution in [1.29, 1.82) is 0 Å². The molecular formula is C4H7N7O2. The first-order valence-corrected chi connectivity index (χ1v) is 3.25. The lowest BCUT2D eigenvalue weighted by atomic mass is 10.6. The molecule has 70 valence electrons. The molecule has 0 spiro atoms. The van der Waals surface area contributed by atoms with E-state index in [4.69, 9.17) is 0 Å². The molecule has 0 radical (unpaired) electrons. The van der Waals surface area contributed by atoms with Crippen molar-refractivity contribution in [3.63, 3.8) is 0 Å². The van der Waals surface area contributed by atoms with Crippen molar-refractivity contribution in [2.24, 2.45) is 5.10 Å². The van der Waals surface area contributed by atoms with Crippen molar-refractivity contribution >= 4 is 5.84 Å². The maximum absolute atomic E-state index is 10.5. The number of hydrazone groups is 1. The van der Waals surface area contributed by atoms with Gasteiger partial charge < -0.3 is 10.1 Å². The molecule has 1 aromatic heterocycles. The zero-order valence-electron chi connectivity index (χ0n) is 7.00. The summed E-state index contributed by atoms with van der Waals surface area (Å²) in [5, 5.41) is 27.5. The molecule has 9 heteroatoms. The van der Waals surface area contributed by atoms with Crippen molar-refractivity contribution in [3.05, 3.63) is 15.9 Å². The second kappa shape index (κ2) is 3.56. The minimum atomic E-state index is -0.676. The summed E-state index contributed by atoms with van der Waals surface area (Å²) in [5.41, 5.74) is 0. The Morgan fingerprint density at radius 2 is 2.38 bits per heavy atom. The van der Waals surface area contributed by atoms with Gasteiger partial charge in [0.05, 0.1) is 5.10 Å². The van der Waals surface area contributed by atoms with E-state index in [2.05, 4.69) is 25.7 Å². The van der Waals surface area contributed by atoms with Crippen LogP contribution in [0.1, 0.15) is 5.82 Å². The fourth-order valence-electron chi connectivity index (χ4n) is 0.609. The lowest BCUT2D eigenvalue weighted by Gasteiger charge is -1.96. The topological polar surface area (TPSA) is 113 Å². The molecular weight excluding hydrogens is 178 g/mol. The van der Waals surface area contributed by atoms with Gasteiger partial charge in [-0.25, -0.2) is 5.01 Å². The van der Waals surface area contributed by atoms with E-state index in [1.165, 1.54) is 5.01 Å². The molecule has 1 rings (SSSR count). The van der Waals surface area contributed by atoms with Crippen LogP contribution < -0.4 is 0 Å². The van der Waals surface area contributed by atoms with Crippen LogP contribution in [0.2, 0.25) is 0 Å². The summed E-state index contributed by atoms with van der Waals surface area (Å²) in [6.45, 7) is 0. The van der Waals surface area contributed by atoms with Crippen LogP contribution in [0.4, 0.5) is 0 Å². The monoisotopic (exact) mass is 185 g/mol. The first-order valence-electron chi connectivity index (χ1n) is 3.25. The summed E-state index contributed by atoms with van der Waals surface area (Å²) in [6.07, 6.45) is 0. The Bertz CT molecular complexity index is 315. The second-order valence-electron chi connectivity index (χ2n) is 2.26. The Balaban J connectivity index is 3.01. The number of hydrogen-bond donors (Lipinski definition) is 1. The average Bonchev–Trinajstić information content (AvgIpc) is 2.50. The molecule has 13 heavy (non-hydrogen) atoms. The summed E-state index contributed by atoms with van der Waals surface area (Å²) in [6, 6.07) is 0. The highest BCUT2D eigenvalue weighted by molar-refractivity contribution is 5.87. The van der Waals surface area contributed by atoms with Gasteiger partial charge in [0, 0.05) is 14.1 Å². The van der Waals surface area contributed by atoms with E-state index in [-0.39, 0.29) is 5.82 Å². The average molecular weight is 185 g/mol. The number of hydrogen-bond acceptors (Lipinski definition) is 7. The molecule has 0 aliphatic heterocycles. The quantitative estimate of drug-likeness (QED) is 0.265. The van der Waals surface area contributed by atoms with Crippen LogP contribution in [-0.2, 0) is 0 Å². The Morgan fingerprint density at radius 3 is 2.77 bits per heavy atom. The maximum Gasteiger partial charge on any atom is 0.436 e. The van der Waals surface area contributed by atoms with E-state index in [1.807, 2.05) is 0 Å². The SMILES string of the molecule is CN(C)N=C(c1nn[nH]n1)[N+](=O)[O-]. The molecule has 0 atom stereocenters. The van der Waals surface area contributed by atoms with Gasteiger partial charge in [-0.15, -0.1) is 5.10 Å². The van der Waals surface area contributed by atoms with E-state index in [0.29, 0.717) is 0 Å². The van der Waals surface area contributed by atoms with Crippen LogP contribution in [0.25, 0.3) is 0 Å². The third kappa shape index (κ3) is 2.18. The van der Waals surface area contributed by atoms with Gasteiger partial charge in [0.15, 0.2) is 0 Å². The van der Waals surface area contributed by atoms with E-state index in [1.54, 1.807) is 14.1 Å². The number of nitro groups is 1. The second-order valence-corrected chi connectivity index (χ2v) is 2.26. The molecule has 0 saturated carbocycles. The Hall–Kier alpha value is -2.06. The summed E-state index contributed by atoms with van der Waals surface area (Å²) >= 11 is 0. The molecule has 0 aromatic carbocycles. The molecule has 0 aliphatic rings. The molecule has 9 nitrogen and oxygen atoms in total. The molecule has 1 heterocycles. The van der Waals surface area contributed by atoms with Crippen LogP contribution in [0, 0.1) is 10.1 Å². The number of amidine groups is 1. The van der Waals surface area contributed by atoms with Crippen molar-refractivity contribution in [3.8, 4) is 0 Å². The smallest absolute Gasteiger partial charge is 0.358 e. The van der Waals surface area contributed by atoms with E-state index >= 15 is 0 Å². The molecule has 0 bridgehead atoms. The van der Waals surface area contributed by atoms with Crippen LogP contribution in [0.15, 0.2) is 5.10 Å². The van der Waals surface area contributed by atoms with Gasteiger partial charge in [-0.3, -0.25) is 0 Å². The van der Waals surface area contributed by atoms with Gasteiger partial charge in [0.25, 0.3) is 5.82 Å². The summed E-state index contributed by atoms with van der Waals surface area (Å²) in [5.74, 6) is -0.586. The Kier molecular flexibility index (Phi) is 2.47. The Morgan fingerprint density at radius 1 is 1.69 bits per heavy atom. The minimum Gasteiger partial charge on any atom is -0.358 e. The van der Waals surface area contributed by atoms with Crippen LogP contribution in [0.3, 0.4) is 0 Å². The highest BCUT2D eigenvalue weighted by atomic mass is 16.6. The summed E-state index contributed by atoms with van der Waals surface area (Å²) < 4.78 is 0. The van der Waals surface area contributed by atoms with Crippen LogP contribution in [0.5, 0.6) is 0 Å². The number of H-pyrrole nitrogens is 1. The number of nitrogens with one attached hydrogen (secondary N) is 1. The van der Waals surface area contributed by atoms with Gasteiger partial charge in [-0.2, -0.15) is 5.21 Å². The number of tetrazole rings is 1. The third-order valence-corrected chi connectivity index (χ3v) is 1.01. The zero-order chi connectivity index (χ0) is 9.84. The van der Waals surface area contributed by atoms with Crippen molar-refractivity contribution < 1.29 is 4.92 Å². The molecule has 0 amide bonds. The van der Waals surface area contributed by atoms with Gasteiger partial charge in [-0.05, 0) is 10.1 Å². The number of aromatic nitrogens is 4. The van der Waals surface area contributed by atoms with Crippen molar-refractivity contribution in [1.82, 2.24) is 25.6 Å². The molecule has 0 unspecified atom stereocenters. The summed E-state index contributed by atoms with van der Waals surface area (Å²) in [7, 11) is 3.12. The highest BCUT2D eigenvalue weighted by Gasteiger charge is 2.22. The van der Waals surface area contributed by atoms with Gasteiger partial charge >= 0.3 is 5.84 Å². The lowest BCUT2D eigenvalue weighted by molar-refractivity contribution is -0.350. The fourth-order valence-corrected chi connectivity index (χ4v) is 0.609. The normalized spacial score (nSPS) is 11.4. The van der Waals surface area contributed by atoms with Crippen LogP contribution in [-0.4, -0.2) is 50.5 Å². The van der Waals surface area contributed by atoms with E-state index < -0.39 is 10.8 Å². The fraction of sp³-hybridized carbons (Fsp3) is 0.500. The number of nitrogens with zero attached hydrogens (tertiary/aromatic N) is 6. The van der Waals surface area contributed by atoms with Gasteiger partial charge in [0.2, 0.25) is 0 Å². The minimum absolute atomic E-state index is 0.140. The molecule has 0 saturated heterocycles. The maximum atomic E-state index is 10.5. The Labute approximate surface area is 72.6 Å². The van der Waals surface area contributed by atoms with Gasteiger partial charge in [-0.1, -0.05) is 5.10 Å². The van der Waals surface area contributed by atoms with Crippen molar-refractivity contribution in [2.45, 2.75) is 0 Å². The zero-order valence-corrected chi connectivity index (χ0v) is 7.00. The van der Waals surface area contributed by atoms with E-state index in [9.17, 15) is 10.1 Å². The molecule has 0 aliphatic carbocycles. The van der Waals surface area contributed by atoms with Crippen molar-refractivity contribution in [2.75, 3.05) is 14.1 Å². The van der Waals surface area contributed by atoms with E-state index in [0.717, 1.165) is 0 Å². The highest BCUT2D eigenvalue weighted by Crippen LogP contribution is 1.92. The first-order chi connectivity index (χ1) is 6.11. The standard InChI is InChI=1S/C4H7N7O2/c1-10(2)7-4(11(12)13)3-5-8-9-6-3/h1-2H3,(H,5,6,8,9). The van der Waals surface area contributed by atoms with Crippen LogP contribution >= 0.6 is 0 Å². The molecule has 1 N–H and O–H groups in total. The predicted octanol–water partition coefficient (Wildman–Crippen LogP) is -1.30. The number of aromatic amines is 1. The third-order valence-electron chi connectivity index (χ3n) is 1.01.